The molecule has 2 aromatic carbocycles. The van der Waals surface area contributed by atoms with Crippen molar-refractivity contribution in [2.24, 2.45) is 4.99 Å². The number of guanidine groups is 1. The van der Waals surface area contributed by atoms with Gasteiger partial charge in [-0.25, -0.2) is 4.39 Å². The molecule has 0 amide bonds. The molecule has 0 aliphatic carbocycles. The van der Waals surface area contributed by atoms with E-state index in [1.165, 1.54) is 17.3 Å². The molecule has 0 aromatic heterocycles. The Morgan fingerprint density at radius 1 is 1.07 bits per heavy atom. The van der Waals surface area contributed by atoms with Gasteiger partial charge < -0.3 is 20.3 Å². The molecule has 1 fully saturated rings. The summed E-state index contributed by atoms with van der Waals surface area (Å²) in [7, 11) is 1.74. The van der Waals surface area contributed by atoms with Crippen LogP contribution in [-0.4, -0.2) is 45.9 Å². The lowest BCUT2D eigenvalue weighted by Gasteiger charge is -2.28. The maximum atomic E-state index is 13.6. The summed E-state index contributed by atoms with van der Waals surface area (Å²) in [5.74, 6) is 0.547. The molecule has 5 nitrogen and oxygen atoms in total. The van der Waals surface area contributed by atoms with Crippen LogP contribution in [-0.2, 0) is 17.7 Å². The van der Waals surface area contributed by atoms with Crippen LogP contribution < -0.4 is 15.5 Å². The number of anilines is 1. The van der Waals surface area contributed by atoms with Crippen LogP contribution in [0.1, 0.15) is 11.1 Å². The number of ether oxygens (including phenoxy) is 1. The van der Waals surface area contributed by atoms with E-state index in [1.54, 1.807) is 13.1 Å². The van der Waals surface area contributed by atoms with E-state index in [4.69, 9.17) is 4.74 Å². The first-order chi connectivity index (χ1) is 13.3. The van der Waals surface area contributed by atoms with E-state index in [0.717, 1.165) is 26.3 Å². The number of halogens is 1. The van der Waals surface area contributed by atoms with Gasteiger partial charge in [-0.1, -0.05) is 30.3 Å². The van der Waals surface area contributed by atoms with Gasteiger partial charge in [0, 0.05) is 38.9 Å². The van der Waals surface area contributed by atoms with Crippen molar-refractivity contribution in [2.75, 3.05) is 44.8 Å². The van der Waals surface area contributed by atoms with E-state index in [9.17, 15) is 4.39 Å². The van der Waals surface area contributed by atoms with E-state index in [0.29, 0.717) is 31.0 Å². The third-order valence-corrected chi connectivity index (χ3v) is 4.64. The summed E-state index contributed by atoms with van der Waals surface area (Å²) >= 11 is 0. The Morgan fingerprint density at radius 3 is 2.52 bits per heavy atom. The highest BCUT2D eigenvalue weighted by Gasteiger charge is 2.10. The van der Waals surface area contributed by atoms with Crippen LogP contribution in [0.25, 0.3) is 0 Å². The number of nitrogens with zero attached hydrogens (tertiary/aromatic N) is 2. The monoisotopic (exact) mass is 370 g/mol. The zero-order chi connectivity index (χ0) is 18.9. The molecule has 0 bridgehead atoms. The fourth-order valence-electron chi connectivity index (χ4n) is 3.07. The van der Waals surface area contributed by atoms with E-state index < -0.39 is 0 Å². The van der Waals surface area contributed by atoms with Gasteiger partial charge >= 0.3 is 0 Å². The van der Waals surface area contributed by atoms with Crippen molar-refractivity contribution in [1.82, 2.24) is 10.6 Å². The Hall–Kier alpha value is -2.60. The average molecular weight is 370 g/mol. The normalized spacial score (nSPS) is 14.9. The lowest BCUT2D eigenvalue weighted by atomic mass is 10.1. The molecule has 1 heterocycles. The molecule has 1 aliphatic heterocycles. The summed E-state index contributed by atoms with van der Waals surface area (Å²) in [4.78, 5) is 6.56. The predicted octanol–water partition coefficient (Wildman–Crippen LogP) is 2.57. The maximum Gasteiger partial charge on any atom is 0.191 e. The fraction of sp³-hybridized carbons (Fsp3) is 0.381. The number of benzene rings is 2. The molecule has 0 radical (unpaired) electrons. The summed E-state index contributed by atoms with van der Waals surface area (Å²) in [5, 5.41) is 6.53. The Morgan fingerprint density at radius 2 is 1.81 bits per heavy atom. The van der Waals surface area contributed by atoms with Crippen LogP contribution in [0, 0.1) is 5.82 Å². The molecule has 1 aliphatic rings. The smallest absolute Gasteiger partial charge is 0.191 e. The van der Waals surface area contributed by atoms with Gasteiger partial charge in [0.15, 0.2) is 5.96 Å². The number of nitrogens with one attached hydrogen (secondary N) is 2. The molecule has 144 valence electrons. The van der Waals surface area contributed by atoms with E-state index >= 15 is 0 Å². The van der Waals surface area contributed by atoms with E-state index in [1.807, 2.05) is 12.1 Å². The van der Waals surface area contributed by atoms with Gasteiger partial charge in [0.2, 0.25) is 0 Å². The molecule has 0 atom stereocenters. The highest BCUT2D eigenvalue weighted by Crippen LogP contribution is 2.16. The van der Waals surface area contributed by atoms with Gasteiger partial charge in [-0.2, -0.15) is 0 Å². The van der Waals surface area contributed by atoms with Crippen LogP contribution >= 0.6 is 0 Å². The number of morpholine rings is 1. The van der Waals surface area contributed by atoms with Crippen molar-refractivity contribution < 1.29 is 9.13 Å². The summed E-state index contributed by atoms with van der Waals surface area (Å²) in [6, 6.07) is 15.4. The Bertz CT molecular complexity index is 742. The van der Waals surface area contributed by atoms with Gasteiger partial charge in [-0.15, -0.1) is 0 Å². The summed E-state index contributed by atoms with van der Waals surface area (Å²) in [6.45, 7) is 4.77. The first kappa shape index (κ1) is 19.2. The SMILES string of the molecule is CN=C(NCCc1ccccc1F)NCc1ccc(N2CCOCC2)cc1. The molecule has 27 heavy (non-hydrogen) atoms. The van der Waals surface area contributed by atoms with E-state index in [-0.39, 0.29) is 5.82 Å². The fourth-order valence-corrected chi connectivity index (χ4v) is 3.07. The minimum Gasteiger partial charge on any atom is -0.378 e. The minimum absolute atomic E-state index is 0.164. The second-order valence-electron chi connectivity index (χ2n) is 6.46. The molecular weight excluding hydrogens is 343 g/mol. The van der Waals surface area contributed by atoms with Crippen LogP contribution in [0.2, 0.25) is 0 Å². The molecular formula is C21H27FN4O. The Labute approximate surface area is 160 Å². The average Bonchev–Trinajstić information content (AvgIpc) is 2.73. The van der Waals surface area contributed by atoms with Crippen LogP contribution in [0.5, 0.6) is 0 Å². The van der Waals surface area contributed by atoms with Gasteiger partial charge in [0.05, 0.1) is 13.2 Å². The standard InChI is InChI=1S/C21H27FN4O/c1-23-21(24-11-10-18-4-2-3-5-20(18)22)25-16-17-6-8-19(9-7-17)26-12-14-27-15-13-26/h2-9H,10-16H2,1H3,(H2,23,24,25). The quantitative estimate of drug-likeness (QED) is 0.606. The molecule has 2 N–H and O–H groups in total. The first-order valence-electron chi connectivity index (χ1n) is 9.36. The number of hydrogen-bond acceptors (Lipinski definition) is 3. The zero-order valence-electron chi connectivity index (χ0n) is 15.7. The van der Waals surface area contributed by atoms with Crippen molar-refractivity contribution in [3.05, 3.63) is 65.5 Å². The minimum atomic E-state index is -0.164. The molecule has 0 saturated carbocycles. The largest absolute Gasteiger partial charge is 0.378 e. The summed E-state index contributed by atoms with van der Waals surface area (Å²) in [6.07, 6.45) is 0.613. The second kappa shape index (κ2) is 9.92. The molecule has 0 unspecified atom stereocenters. The van der Waals surface area contributed by atoms with E-state index in [2.05, 4.69) is 44.8 Å². The Balaban J connectivity index is 1.44. The molecule has 6 heteroatoms. The third kappa shape index (κ3) is 5.69. The lowest BCUT2D eigenvalue weighted by molar-refractivity contribution is 0.122. The van der Waals surface area contributed by atoms with Crippen molar-refractivity contribution in [3.8, 4) is 0 Å². The molecule has 2 aromatic rings. The summed E-state index contributed by atoms with van der Waals surface area (Å²) in [5.41, 5.74) is 3.12. The molecule has 3 rings (SSSR count). The van der Waals surface area contributed by atoms with Crippen molar-refractivity contribution in [3.63, 3.8) is 0 Å². The number of rotatable bonds is 6. The molecule has 1 saturated heterocycles. The first-order valence-corrected chi connectivity index (χ1v) is 9.36. The Kier molecular flexibility index (Phi) is 7.04. The van der Waals surface area contributed by atoms with Crippen LogP contribution in [0.3, 0.4) is 0 Å². The predicted molar refractivity (Wildman–Crippen MR) is 108 cm³/mol. The van der Waals surface area contributed by atoms with Crippen molar-refractivity contribution >= 4 is 11.6 Å². The topological polar surface area (TPSA) is 48.9 Å². The number of aliphatic imine (C=N–C) groups is 1. The van der Waals surface area contributed by atoms with Crippen molar-refractivity contribution in [1.29, 1.82) is 0 Å². The summed E-state index contributed by atoms with van der Waals surface area (Å²) < 4.78 is 19.0. The number of hydrogen-bond donors (Lipinski definition) is 2. The molecule has 0 spiro atoms. The van der Waals surface area contributed by atoms with Gasteiger partial charge in [0.1, 0.15) is 5.82 Å². The highest BCUT2D eigenvalue weighted by molar-refractivity contribution is 5.79. The maximum absolute atomic E-state index is 13.6. The van der Waals surface area contributed by atoms with Gasteiger partial charge in [0.25, 0.3) is 0 Å². The second-order valence-corrected chi connectivity index (χ2v) is 6.46. The zero-order valence-corrected chi connectivity index (χ0v) is 15.7. The third-order valence-electron chi connectivity index (χ3n) is 4.64. The van der Waals surface area contributed by atoms with Crippen LogP contribution in [0.4, 0.5) is 10.1 Å². The van der Waals surface area contributed by atoms with Gasteiger partial charge in [-0.3, -0.25) is 4.99 Å². The lowest BCUT2D eigenvalue weighted by Crippen LogP contribution is -2.38. The highest BCUT2D eigenvalue weighted by atomic mass is 19.1. The van der Waals surface area contributed by atoms with Crippen LogP contribution in [0.15, 0.2) is 53.5 Å². The van der Waals surface area contributed by atoms with Crippen molar-refractivity contribution in [2.45, 2.75) is 13.0 Å². The van der Waals surface area contributed by atoms with Gasteiger partial charge in [-0.05, 0) is 35.7 Å².